The molecule has 0 spiro atoms. The zero-order chi connectivity index (χ0) is 15.9. The first-order valence-corrected chi connectivity index (χ1v) is 8.11. The van der Waals surface area contributed by atoms with E-state index in [9.17, 15) is 9.90 Å². The number of carbonyl (C=O) groups is 1. The molecule has 0 radical (unpaired) electrons. The number of hydrogen-bond acceptors (Lipinski definition) is 3. The van der Waals surface area contributed by atoms with Crippen LogP contribution in [0.15, 0.2) is 36.5 Å². The molecule has 112 valence electrons. The van der Waals surface area contributed by atoms with Crippen LogP contribution < -0.4 is 0 Å². The molecule has 1 N–H and O–H groups in total. The SMILES string of the molecule is CCc1nc2ccccn2c1-c1c(C(C)=O)ccc(O)c1I. The van der Waals surface area contributed by atoms with Crippen molar-refractivity contribution in [1.82, 2.24) is 9.38 Å². The average molecular weight is 406 g/mol. The van der Waals surface area contributed by atoms with Gasteiger partial charge in [-0.05, 0) is 60.2 Å². The van der Waals surface area contributed by atoms with E-state index in [1.165, 1.54) is 0 Å². The fourth-order valence-corrected chi connectivity index (χ4v) is 3.37. The van der Waals surface area contributed by atoms with Gasteiger partial charge >= 0.3 is 0 Å². The number of phenolic OH excluding ortho intramolecular Hbond substituents is 1. The van der Waals surface area contributed by atoms with Crippen molar-refractivity contribution in [1.29, 1.82) is 0 Å². The minimum atomic E-state index is -0.0270. The number of aromatic hydroxyl groups is 1. The van der Waals surface area contributed by atoms with Crippen molar-refractivity contribution < 1.29 is 9.90 Å². The molecule has 0 atom stereocenters. The highest BCUT2D eigenvalue weighted by Crippen LogP contribution is 2.37. The van der Waals surface area contributed by atoms with Gasteiger partial charge in [0.05, 0.1) is 15.0 Å². The first kappa shape index (κ1) is 15.0. The number of halogens is 1. The van der Waals surface area contributed by atoms with E-state index in [1.807, 2.05) is 35.7 Å². The van der Waals surface area contributed by atoms with Gasteiger partial charge in [0.1, 0.15) is 11.4 Å². The quantitative estimate of drug-likeness (QED) is 0.527. The largest absolute Gasteiger partial charge is 0.507 e. The summed E-state index contributed by atoms with van der Waals surface area (Å²) >= 11 is 2.09. The summed E-state index contributed by atoms with van der Waals surface area (Å²) < 4.78 is 2.65. The number of benzene rings is 1. The number of aryl methyl sites for hydroxylation is 1. The summed E-state index contributed by atoms with van der Waals surface area (Å²) in [5, 5.41) is 10.1. The van der Waals surface area contributed by atoms with Crippen LogP contribution in [0.25, 0.3) is 16.9 Å². The molecular weight excluding hydrogens is 391 g/mol. The van der Waals surface area contributed by atoms with Gasteiger partial charge in [0.2, 0.25) is 0 Å². The minimum Gasteiger partial charge on any atom is -0.507 e. The van der Waals surface area contributed by atoms with Crippen molar-refractivity contribution in [2.75, 3.05) is 0 Å². The van der Waals surface area contributed by atoms with Crippen molar-refractivity contribution in [3.63, 3.8) is 0 Å². The summed E-state index contributed by atoms with van der Waals surface area (Å²) in [5.74, 6) is 0.148. The Labute approximate surface area is 142 Å². The predicted molar refractivity (Wildman–Crippen MR) is 94.4 cm³/mol. The number of imidazole rings is 1. The van der Waals surface area contributed by atoms with Gasteiger partial charge < -0.3 is 5.11 Å². The number of rotatable bonds is 3. The van der Waals surface area contributed by atoms with Crippen molar-refractivity contribution in [2.24, 2.45) is 0 Å². The van der Waals surface area contributed by atoms with Crippen LogP contribution in [0.4, 0.5) is 0 Å². The molecule has 4 nitrogen and oxygen atoms in total. The molecule has 2 heterocycles. The number of phenols is 1. The topological polar surface area (TPSA) is 54.6 Å². The third kappa shape index (κ3) is 2.29. The maximum atomic E-state index is 12.0. The molecule has 0 aliphatic carbocycles. The molecule has 1 aromatic carbocycles. The molecular formula is C17H15IN2O2. The van der Waals surface area contributed by atoms with Crippen LogP contribution in [-0.2, 0) is 6.42 Å². The second kappa shape index (κ2) is 5.72. The van der Waals surface area contributed by atoms with Crippen LogP contribution in [0, 0.1) is 3.57 Å². The van der Waals surface area contributed by atoms with Crippen molar-refractivity contribution >= 4 is 34.0 Å². The second-order valence-electron chi connectivity index (χ2n) is 5.07. The Morgan fingerprint density at radius 1 is 1.32 bits per heavy atom. The maximum Gasteiger partial charge on any atom is 0.160 e. The fraction of sp³-hybridized carbons (Fsp3) is 0.176. The lowest BCUT2D eigenvalue weighted by molar-refractivity contribution is 0.101. The van der Waals surface area contributed by atoms with E-state index in [0.29, 0.717) is 9.13 Å². The third-order valence-corrected chi connectivity index (χ3v) is 4.77. The van der Waals surface area contributed by atoms with Gasteiger partial charge in [-0.2, -0.15) is 0 Å². The van der Waals surface area contributed by atoms with Crippen LogP contribution in [0.5, 0.6) is 5.75 Å². The average Bonchev–Trinajstić information content (AvgIpc) is 2.88. The number of nitrogens with zero attached hydrogens (tertiary/aromatic N) is 2. The predicted octanol–water partition coefficient (Wildman–Crippen LogP) is 4.08. The summed E-state index contributed by atoms with van der Waals surface area (Å²) in [6.45, 7) is 3.58. The lowest BCUT2D eigenvalue weighted by atomic mass is 9.99. The van der Waals surface area contributed by atoms with Gasteiger partial charge in [-0.15, -0.1) is 0 Å². The van der Waals surface area contributed by atoms with E-state index in [2.05, 4.69) is 27.6 Å². The molecule has 5 heteroatoms. The Kier molecular flexibility index (Phi) is 3.90. The normalized spacial score (nSPS) is 11.0. The molecule has 22 heavy (non-hydrogen) atoms. The first-order valence-electron chi connectivity index (χ1n) is 7.03. The van der Waals surface area contributed by atoms with Gasteiger partial charge in [0.25, 0.3) is 0 Å². The van der Waals surface area contributed by atoms with E-state index < -0.39 is 0 Å². The molecule has 2 aromatic heterocycles. The number of Topliss-reactive ketones (excluding diaryl/α,β-unsaturated/α-hetero) is 1. The molecule has 0 bridgehead atoms. The standard InChI is InChI=1S/C17H15IN2O2/c1-3-12-17(20-9-5-4-6-14(20)19-12)15-11(10(2)21)7-8-13(22)16(15)18/h4-9,22H,3H2,1-2H3. The Morgan fingerprint density at radius 3 is 2.77 bits per heavy atom. The van der Waals surface area contributed by atoms with Crippen LogP contribution >= 0.6 is 22.6 Å². The molecule has 0 aliphatic heterocycles. The Balaban J connectivity index is 2.46. The first-order chi connectivity index (χ1) is 10.5. The molecule has 3 rings (SSSR count). The summed E-state index contributed by atoms with van der Waals surface area (Å²) in [6, 6.07) is 9.05. The molecule has 3 aromatic rings. The lowest BCUT2D eigenvalue weighted by Gasteiger charge is -2.12. The fourth-order valence-electron chi connectivity index (χ4n) is 2.65. The van der Waals surface area contributed by atoms with Crippen molar-refractivity contribution in [3.05, 3.63) is 51.4 Å². The molecule has 0 saturated heterocycles. The third-order valence-electron chi connectivity index (χ3n) is 3.67. The number of fused-ring (bicyclic) bond motifs is 1. The van der Waals surface area contributed by atoms with Gasteiger partial charge in [-0.25, -0.2) is 4.98 Å². The summed E-state index contributed by atoms with van der Waals surface area (Å²) in [4.78, 5) is 16.7. The number of aromatic nitrogens is 2. The van der Waals surface area contributed by atoms with Crippen LogP contribution in [-0.4, -0.2) is 20.3 Å². The second-order valence-corrected chi connectivity index (χ2v) is 6.15. The Bertz CT molecular complexity index is 884. The molecule has 0 fully saturated rings. The highest BCUT2D eigenvalue weighted by molar-refractivity contribution is 14.1. The highest BCUT2D eigenvalue weighted by Gasteiger charge is 2.22. The lowest BCUT2D eigenvalue weighted by Crippen LogP contribution is -2.02. The number of ketones is 1. The smallest absolute Gasteiger partial charge is 0.160 e. The highest BCUT2D eigenvalue weighted by atomic mass is 127. The molecule has 0 amide bonds. The summed E-state index contributed by atoms with van der Waals surface area (Å²) in [5.41, 5.74) is 3.98. The Hall–Kier alpha value is -1.89. The molecule has 0 unspecified atom stereocenters. The van der Waals surface area contributed by atoms with E-state index >= 15 is 0 Å². The van der Waals surface area contributed by atoms with E-state index in [-0.39, 0.29) is 11.5 Å². The van der Waals surface area contributed by atoms with E-state index in [1.54, 1.807) is 19.1 Å². The number of hydrogen-bond donors (Lipinski definition) is 1. The maximum absolute atomic E-state index is 12.0. The van der Waals surface area contributed by atoms with Gasteiger partial charge in [-0.3, -0.25) is 9.20 Å². The number of pyridine rings is 1. The summed E-state index contributed by atoms with van der Waals surface area (Å²) in [7, 11) is 0. The zero-order valence-electron chi connectivity index (χ0n) is 12.3. The molecule has 0 saturated carbocycles. The van der Waals surface area contributed by atoms with Crippen LogP contribution in [0.2, 0.25) is 0 Å². The van der Waals surface area contributed by atoms with E-state index in [4.69, 9.17) is 0 Å². The van der Waals surface area contributed by atoms with Crippen LogP contribution in [0.3, 0.4) is 0 Å². The zero-order valence-corrected chi connectivity index (χ0v) is 14.5. The monoisotopic (exact) mass is 406 g/mol. The summed E-state index contributed by atoms with van der Waals surface area (Å²) in [6.07, 6.45) is 2.68. The minimum absolute atomic E-state index is 0.0270. The van der Waals surface area contributed by atoms with Gasteiger partial charge in [0, 0.05) is 17.3 Å². The van der Waals surface area contributed by atoms with Crippen molar-refractivity contribution in [2.45, 2.75) is 20.3 Å². The number of carbonyl (C=O) groups excluding carboxylic acids is 1. The molecule has 0 aliphatic rings. The Morgan fingerprint density at radius 2 is 2.09 bits per heavy atom. The van der Waals surface area contributed by atoms with E-state index in [0.717, 1.165) is 29.0 Å². The van der Waals surface area contributed by atoms with Crippen molar-refractivity contribution in [3.8, 4) is 17.0 Å². The van der Waals surface area contributed by atoms with Gasteiger partial charge in [0.15, 0.2) is 5.78 Å². The van der Waals surface area contributed by atoms with Crippen LogP contribution in [0.1, 0.15) is 29.9 Å². The van der Waals surface area contributed by atoms with Gasteiger partial charge in [-0.1, -0.05) is 13.0 Å².